The summed E-state index contributed by atoms with van der Waals surface area (Å²) in [7, 11) is 0. The van der Waals surface area contributed by atoms with Crippen LogP contribution in [0.2, 0.25) is 0 Å². The number of hydrogen-bond acceptors (Lipinski definition) is 2. The summed E-state index contributed by atoms with van der Waals surface area (Å²) in [4.78, 5) is 0. The normalized spacial score (nSPS) is 29.3. The molecule has 1 saturated carbocycles. The molecule has 1 aromatic heterocycles. The monoisotopic (exact) mass is 177 g/mol. The minimum Gasteiger partial charge on any atom is -0.369 e. The summed E-state index contributed by atoms with van der Waals surface area (Å²) < 4.78 is 0. The number of H-pyrrole nitrogens is 1. The molecule has 0 saturated heterocycles. The highest BCUT2D eigenvalue weighted by atomic mass is 15.2. The fourth-order valence-corrected chi connectivity index (χ4v) is 2.90. The van der Waals surface area contributed by atoms with Gasteiger partial charge >= 0.3 is 0 Å². The summed E-state index contributed by atoms with van der Waals surface area (Å²) in [5.74, 6) is 2.71. The fourth-order valence-electron chi connectivity index (χ4n) is 2.90. The number of aromatic nitrogens is 2. The summed E-state index contributed by atoms with van der Waals surface area (Å²) in [5, 5.41) is 10.9. The molecule has 0 aromatic carbocycles. The molecule has 2 atom stereocenters. The third-order valence-corrected chi connectivity index (χ3v) is 3.43. The van der Waals surface area contributed by atoms with Gasteiger partial charge < -0.3 is 5.32 Å². The lowest BCUT2D eigenvalue weighted by Crippen LogP contribution is -2.02. The molecule has 1 fully saturated rings. The molecule has 2 N–H and O–H groups in total. The summed E-state index contributed by atoms with van der Waals surface area (Å²) in [6.45, 7) is 3.09. The van der Waals surface area contributed by atoms with Crippen LogP contribution in [0.15, 0.2) is 0 Å². The first kappa shape index (κ1) is 7.42. The first-order valence-electron chi connectivity index (χ1n) is 5.22. The van der Waals surface area contributed by atoms with Crippen molar-refractivity contribution in [3.63, 3.8) is 0 Å². The lowest BCUT2D eigenvalue weighted by Gasteiger charge is -2.10. The van der Waals surface area contributed by atoms with Crippen LogP contribution in [-0.2, 0) is 0 Å². The second kappa shape index (κ2) is 2.50. The van der Waals surface area contributed by atoms with Crippen molar-refractivity contribution >= 4 is 5.82 Å². The van der Waals surface area contributed by atoms with Gasteiger partial charge in [0.25, 0.3) is 0 Å². The molecule has 3 rings (SSSR count). The Bertz CT molecular complexity index is 329. The standard InChI is InChI=1S/C10H15N3/c1-2-11-10-8-6-3-4-7(5-6)9(8)12-13-10/h6-7H,2-5H2,1H3,(H2,11,12,13). The van der Waals surface area contributed by atoms with Crippen LogP contribution >= 0.6 is 0 Å². The van der Waals surface area contributed by atoms with E-state index in [4.69, 9.17) is 0 Å². The maximum atomic E-state index is 4.33. The number of rotatable bonds is 2. The van der Waals surface area contributed by atoms with E-state index in [-0.39, 0.29) is 0 Å². The van der Waals surface area contributed by atoms with Crippen LogP contribution in [0.1, 0.15) is 49.3 Å². The Morgan fingerprint density at radius 2 is 2.31 bits per heavy atom. The highest BCUT2D eigenvalue weighted by Gasteiger charge is 2.40. The van der Waals surface area contributed by atoms with E-state index in [2.05, 4.69) is 22.4 Å². The van der Waals surface area contributed by atoms with E-state index in [1.165, 1.54) is 30.5 Å². The van der Waals surface area contributed by atoms with Crippen molar-refractivity contribution in [3.8, 4) is 0 Å². The van der Waals surface area contributed by atoms with Crippen molar-refractivity contribution in [3.05, 3.63) is 11.3 Å². The van der Waals surface area contributed by atoms with Crippen molar-refractivity contribution in [1.82, 2.24) is 10.2 Å². The van der Waals surface area contributed by atoms with E-state index in [1.807, 2.05) is 0 Å². The summed E-state index contributed by atoms with van der Waals surface area (Å²) in [5.41, 5.74) is 2.92. The van der Waals surface area contributed by atoms with Crippen molar-refractivity contribution in [2.75, 3.05) is 11.9 Å². The highest BCUT2D eigenvalue weighted by Crippen LogP contribution is 2.54. The maximum Gasteiger partial charge on any atom is 0.151 e. The van der Waals surface area contributed by atoms with Crippen LogP contribution in [0.5, 0.6) is 0 Å². The zero-order chi connectivity index (χ0) is 8.84. The summed E-state index contributed by atoms with van der Waals surface area (Å²) in [6.07, 6.45) is 4.10. The first-order valence-corrected chi connectivity index (χ1v) is 5.22. The van der Waals surface area contributed by atoms with E-state index < -0.39 is 0 Å². The van der Waals surface area contributed by atoms with Crippen LogP contribution in [-0.4, -0.2) is 16.7 Å². The van der Waals surface area contributed by atoms with E-state index in [0.29, 0.717) is 0 Å². The molecule has 2 aliphatic carbocycles. The predicted octanol–water partition coefficient (Wildman–Crippen LogP) is 2.21. The summed E-state index contributed by atoms with van der Waals surface area (Å²) in [6, 6.07) is 0. The smallest absolute Gasteiger partial charge is 0.151 e. The molecule has 13 heavy (non-hydrogen) atoms. The van der Waals surface area contributed by atoms with E-state index >= 15 is 0 Å². The molecule has 0 spiro atoms. The lowest BCUT2D eigenvalue weighted by atomic mass is 9.97. The van der Waals surface area contributed by atoms with E-state index in [0.717, 1.165) is 24.2 Å². The molecule has 1 heterocycles. The number of nitrogens with zero attached hydrogens (tertiary/aromatic N) is 1. The van der Waals surface area contributed by atoms with Gasteiger partial charge in [0, 0.05) is 23.7 Å². The molecule has 0 amide bonds. The van der Waals surface area contributed by atoms with Crippen LogP contribution in [0.25, 0.3) is 0 Å². The average molecular weight is 177 g/mol. The minimum absolute atomic E-state index is 0.792. The molecule has 0 radical (unpaired) electrons. The molecule has 3 heteroatoms. The molecule has 70 valence electrons. The first-order chi connectivity index (χ1) is 6.40. The van der Waals surface area contributed by atoms with Crippen LogP contribution in [0.3, 0.4) is 0 Å². The van der Waals surface area contributed by atoms with Crippen molar-refractivity contribution in [2.24, 2.45) is 0 Å². The number of nitrogens with one attached hydrogen (secondary N) is 2. The molecular weight excluding hydrogens is 162 g/mol. The van der Waals surface area contributed by atoms with Gasteiger partial charge in [-0.1, -0.05) is 0 Å². The van der Waals surface area contributed by atoms with Crippen molar-refractivity contribution in [2.45, 2.75) is 38.0 Å². The molecule has 0 aliphatic heterocycles. The topological polar surface area (TPSA) is 40.7 Å². The van der Waals surface area contributed by atoms with Crippen LogP contribution in [0.4, 0.5) is 5.82 Å². The van der Waals surface area contributed by atoms with Crippen LogP contribution < -0.4 is 5.32 Å². The van der Waals surface area contributed by atoms with Crippen molar-refractivity contribution in [1.29, 1.82) is 0 Å². The highest BCUT2D eigenvalue weighted by molar-refractivity contribution is 5.53. The summed E-state index contributed by atoms with van der Waals surface area (Å²) >= 11 is 0. The Morgan fingerprint density at radius 1 is 1.46 bits per heavy atom. The molecular formula is C10H15N3. The lowest BCUT2D eigenvalue weighted by molar-refractivity contribution is 0.700. The zero-order valence-electron chi connectivity index (χ0n) is 7.93. The minimum atomic E-state index is 0.792. The second-order valence-corrected chi connectivity index (χ2v) is 4.14. The van der Waals surface area contributed by atoms with Gasteiger partial charge in [-0.2, -0.15) is 5.10 Å². The fraction of sp³-hybridized carbons (Fsp3) is 0.700. The van der Waals surface area contributed by atoms with Gasteiger partial charge in [-0.05, 0) is 32.1 Å². The Kier molecular flexibility index (Phi) is 1.43. The van der Waals surface area contributed by atoms with Gasteiger partial charge in [-0.15, -0.1) is 0 Å². The Morgan fingerprint density at radius 3 is 3.15 bits per heavy atom. The quantitative estimate of drug-likeness (QED) is 0.727. The van der Waals surface area contributed by atoms with Gasteiger partial charge in [-0.3, -0.25) is 5.10 Å². The number of fused-ring (bicyclic) bond motifs is 5. The van der Waals surface area contributed by atoms with Crippen LogP contribution in [0, 0.1) is 0 Å². The Balaban J connectivity index is 2.03. The number of hydrogen-bond donors (Lipinski definition) is 2. The Labute approximate surface area is 77.9 Å². The zero-order valence-corrected chi connectivity index (χ0v) is 7.93. The van der Waals surface area contributed by atoms with Gasteiger partial charge in [-0.25, -0.2) is 0 Å². The maximum absolute atomic E-state index is 4.33. The van der Waals surface area contributed by atoms with Gasteiger partial charge in [0.2, 0.25) is 0 Å². The van der Waals surface area contributed by atoms with Gasteiger partial charge in [0.05, 0.1) is 0 Å². The molecule has 2 aliphatic rings. The largest absolute Gasteiger partial charge is 0.369 e. The number of anilines is 1. The second-order valence-electron chi connectivity index (χ2n) is 4.14. The average Bonchev–Trinajstić information content (AvgIpc) is 2.74. The third kappa shape index (κ3) is 0.872. The number of aromatic amines is 1. The SMILES string of the molecule is CCNc1n[nH]c2c1C1CCC2C1. The Hall–Kier alpha value is -0.990. The molecule has 2 unspecified atom stereocenters. The van der Waals surface area contributed by atoms with Crippen molar-refractivity contribution < 1.29 is 0 Å². The molecule has 3 nitrogen and oxygen atoms in total. The predicted molar refractivity (Wildman–Crippen MR) is 52.1 cm³/mol. The third-order valence-electron chi connectivity index (χ3n) is 3.43. The molecule has 2 bridgehead atoms. The van der Waals surface area contributed by atoms with Gasteiger partial charge in [0.1, 0.15) is 0 Å². The van der Waals surface area contributed by atoms with Gasteiger partial charge in [0.15, 0.2) is 5.82 Å². The van der Waals surface area contributed by atoms with E-state index in [9.17, 15) is 0 Å². The van der Waals surface area contributed by atoms with E-state index in [1.54, 1.807) is 0 Å². The molecule has 1 aromatic rings.